The Morgan fingerprint density at radius 2 is 1.90 bits per heavy atom. The fraction of sp³-hybridized carbons (Fsp3) is 0.583. The van der Waals surface area contributed by atoms with Crippen LogP contribution in [0.5, 0.6) is 0 Å². The minimum absolute atomic E-state index is 0.209. The number of hydroxylamine groups is 2. The summed E-state index contributed by atoms with van der Waals surface area (Å²) in [5.41, 5.74) is 0.484. The molecule has 0 aliphatic carbocycles. The molecule has 1 saturated heterocycles. The molecule has 1 aliphatic rings. The van der Waals surface area contributed by atoms with Crippen LogP contribution < -0.4 is 4.90 Å². The molecule has 1 aliphatic heterocycles. The number of amides is 2. The zero-order valence-electron chi connectivity index (χ0n) is 11.8. The summed E-state index contributed by atoms with van der Waals surface area (Å²) in [6.07, 6.45) is -1.61. The van der Waals surface area contributed by atoms with Gasteiger partial charge in [-0.25, -0.2) is 19.7 Å². The van der Waals surface area contributed by atoms with Crippen LogP contribution in [0.1, 0.15) is 26.5 Å². The summed E-state index contributed by atoms with van der Waals surface area (Å²) in [6.45, 7) is 5.91. The summed E-state index contributed by atoms with van der Waals surface area (Å²) in [5, 5.41) is 20.4. The fourth-order valence-electron chi connectivity index (χ4n) is 1.90. The molecule has 2 rings (SSSR count). The molecule has 8 nitrogen and oxygen atoms in total. The SMILES string of the molecule is CON1C(=O)N(c2cc(C(C)(C)C)ncn2)C(O)C1O. The highest BCUT2D eigenvalue weighted by atomic mass is 16.7. The molecule has 0 spiro atoms. The molecule has 1 aromatic heterocycles. The van der Waals surface area contributed by atoms with Crippen molar-refractivity contribution in [3.05, 3.63) is 18.1 Å². The number of aromatic nitrogens is 2. The van der Waals surface area contributed by atoms with E-state index in [1.54, 1.807) is 6.07 Å². The van der Waals surface area contributed by atoms with Crippen molar-refractivity contribution in [3.63, 3.8) is 0 Å². The van der Waals surface area contributed by atoms with Crippen LogP contribution in [0.2, 0.25) is 0 Å². The Bertz CT molecular complexity index is 516. The third kappa shape index (κ3) is 2.33. The van der Waals surface area contributed by atoms with Gasteiger partial charge >= 0.3 is 6.03 Å². The van der Waals surface area contributed by atoms with E-state index >= 15 is 0 Å². The molecule has 0 aromatic carbocycles. The average Bonchev–Trinajstić information content (AvgIpc) is 2.59. The maximum Gasteiger partial charge on any atom is 0.354 e. The molecule has 1 fully saturated rings. The van der Waals surface area contributed by atoms with Gasteiger partial charge in [0.05, 0.1) is 12.8 Å². The Kier molecular flexibility index (Phi) is 3.63. The van der Waals surface area contributed by atoms with Crippen molar-refractivity contribution in [2.45, 2.75) is 38.6 Å². The minimum Gasteiger partial charge on any atom is -0.369 e. The minimum atomic E-state index is -1.47. The molecule has 8 heteroatoms. The molecule has 2 unspecified atom stereocenters. The molecule has 2 amide bonds. The first-order chi connectivity index (χ1) is 9.27. The van der Waals surface area contributed by atoms with Gasteiger partial charge in [0.2, 0.25) is 6.23 Å². The van der Waals surface area contributed by atoms with E-state index in [0.29, 0.717) is 10.8 Å². The van der Waals surface area contributed by atoms with Gasteiger partial charge in [0.15, 0.2) is 6.23 Å². The number of carbonyl (C=O) groups is 1. The number of rotatable bonds is 2. The lowest BCUT2D eigenvalue weighted by Crippen LogP contribution is -2.37. The summed E-state index contributed by atoms with van der Waals surface area (Å²) in [5.74, 6) is 0.209. The van der Waals surface area contributed by atoms with E-state index in [9.17, 15) is 15.0 Å². The summed E-state index contributed by atoms with van der Waals surface area (Å²) < 4.78 is 0. The first kappa shape index (κ1) is 14.6. The summed E-state index contributed by atoms with van der Waals surface area (Å²) in [4.78, 5) is 25.9. The van der Waals surface area contributed by atoms with Gasteiger partial charge in [-0.1, -0.05) is 20.8 Å². The Labute approximate surface area is 116 Å². The molecular weight excluding hydrogens is 264 g/mol. The van der Waals surface area contributed by atoms with Crippen molar-refractivity contribution in [1.82, 2.24) is 15.0 Å². The number of hydrogen-bond donors (Lipinski definition) is 2. The zero-order valence-corrected chi connectivity index (χ0v) is 11.8. The second-order valence-electron chi connectivity index (χ2n) is 5.50. The normalized spacial score (nSPS) is 23.6. The largest absolute Gasteiger partial charge is 0.369 e. The molecule has 0 saturated carbocycles. The van der Waals surface area contributed by atoms with Crippen LogP contribution >= 0.6 is 0 Å². The first-order valence-electron chi connectivity index (χ1n) is 6.12. The second-order valence-corrected chi connectivity index (χ2v) is 5.50. The van der Waals surface area contributed by atoms with Crippen LogP contribution in [0.4, 0.5) is 10.6 Å². The van der Waals surface area contributed by atoms with E-state index in [2.05, 4.69) is 9.97 Å². The van der Waals surface area contributed by atoms with Crippen molar-refractivity contribution < 1.29 is 19.8 Å². The van der Waals surface area contributed by atoms with Gasteiger partial charge in [-0.2, -0.15) is 5.06 Å². The van der Waals surface area contributed by atoms with Crippen LogP contribution in [0.3, 0.4) is 0 Å². The van der Waals surface area contributed by atoms with Crippen molar-refractivity contribution in [2.75, 3.05) is 12.0 Å². The molecule has 20 heavy (non-hydrogen) atoms. The highest BCUT2D eigenvalue weighted by Crippen LogP contribution is 2.28. The van der Waals surface area contributed by atoms with E-state index in [1.165, 1.54) is 13.4 Å². The van der Waals surface area contributed by atoms with Crippen LogP contribution in [0, 0.1) is 0 Å². The number of aliphatic hydroxyl groups is 2. The van der Waals surface area contributed by atoms with Crippen LogP contribution in [-0.4, -0.2) is 50.8 Å². The fourth-order valence-corrected chi connectivity index (χ4v) is 1.90. The lowest BCUT2D eigenvalue weighted by atomic mass is 9.92. The average molecular weight is 282 g/mol. The molecule has 0 radical (unpaired) electrons. The molecule has 2 atom stereocenters. The van der Waals surface area contributed by atoms with E-state index < -0.39 is 18.5 Å². The van der Waals surface area contributed by atoms with Gasteiger partial charge in [-0.15, -0.1) is 0 Å². The summed E-state index contributed by atoms with van der Waals surface area (Å²) >= 11 is 0. The van der Waals surface area contributed by atoms with E-state index in [0.717, 1.165) is 4.90 Å². The van der Waals surface area contributed by atoms with Crippen LogP contribution in [0.15, 0.2) is 12.4 Å². The highest BCUT2D eigenvalue weighted by Gasteiger charge is 2.46. The number of aliphatic hydroxyl groups excluding tert-OH is 2. The van der Waals surface area contributed by atoms with Gasteiger partial charge in [0, 0.05) is 11.5 Å². The van der Waals surface area contributed by atoms with Gasteiger partial charge in [0.25, 0.3) is 0 Å². The maximum absolute atomic E-state index is 12.1. The number of nitrogens with zero attached hydrogens (tertiary/aromatic N) is 4. The Morgan fingerprint density at radius 3 is 2.40 bits per heavy atom. The second kappa shape index (κ2) is 4.97. The molecule has 2 heterocycles. The van der Waals surface area contributed by atoms with Crippen molar-refractivity contribution >= 4 is 11.8 Å². The monoisotopic (exact) mass is 282 g/mol. The standard InChI is InChI=1S/C12H18N4O4/c1-12(2,3)7-5-8(14-6-13-7)15-9(17)10(18)16(20-4)11(15)19/h5-6,9-10,17-18H,1-4H3. The predicted octanol–water partition coefficient (Wildman–Crippen LogP) is 0.214. The third-order valence-corrected chi connectivity index (χ3v) is 3.03. The van der Waals surface area contributed by atoms with Gasteiger partial charge in [-0.05, 0) is 0 Å². The number of urea groups is 1. The smallest absolute Gasteiger partial charge is 0.354 e. The molecule has 110 valence electrons. The zero-order chi connectivity index (χ0) is 15.1. The number of carbonyl (C=O) groups excluding carboxylic acids is 1. The Hall–Kier alpha value is -1.77. The van der Waals surface area contributed by atoms with Gasteiger partial charge in [0.1, 0.15) is 12.1 Å². The Morgan fingerprint density at radius 1 is 1.25 bits per heavy atom. The number of anilines is 1. The summed E-state index contributed by atoms with van der Waals surface area (Å²) in [6, 6.07) is 0.915. The van der Waals surface area contributed by atoms with E-state index in [1.807, 2.05) is 20.8 Å². The predicted molar refractivity (Wildman–Crippen MR) is 69.5 cm³/mol. The molecular formula is C12H18N4O4. The number of hydrogen-bond acceptors (Lipinski definition) is 6. The van der Waals surface area contributed by atoms with Crippen molar-refractivity contribution in [2.24, 2.45) is 0 Å². The topological polar surface area (TPSA) is 99.0 Å². The van der Waals surface area contributed by atoms with Crippen molar-refractivity contribution in [1.29, 1.82) is 0 Å². The molecule has 2 N–H and O–H groups in total. The molecule has 1 aromatic rings. The van der Waals surface area contributed by atoms with Crippen LogP contribution in [0.25, 0.3) is 0 Å². The summed E-state index contributed by atoms with van der Waals surface area (Å²) in [7, 11) is 1.23. The quantitative estimate of drug-likeness (QED) is 0.804. The van der Waals surface area contributed by atoms with Crippen molar-refractivity contribution in [3.8, 4) is 0 Å². The van der Waals surface area contributed by atoms with E-state index in [4.69, 9.17) is 4.84 Å². The maximum atomic E-state index is 12.1. The van der Waals surface area contributed by atoms with Gasteiger partial charge in [-0.3, -0.25) is 4.84 Å². The lowest BCUT2D eigenvalue weighted by Gasteiger charge is -2.21. The van der Waals surface area contributed by atoms with Crippen LogP contribution in [-0.2, 0) is 10.3 Å². The first-order valence-corrected chi connectivity index (χ1v) is 6.12. The van der Waals surface area contributed by atoms with Gasteiger partial charge < -0.3 is 10.2 Å². The highest BCUT2D eigenvalue weighted by molar-refractivity contribution is 5.93. The Balaban J connectivity index is 2.39. The third-order valence-electron chi connectivity index (χ3n) is 3.03. The lowest BCUT2D eigenvalue weighted by molar-refractivity contribution is -0.186. The molecule has 0 bridgehead atoms. The van der Waals surface area contributed by atoms with E-state index in [-0.39, 0.29) is 11.2 Å².